The number of ether oxygens (including phenoxy) is 1. The SMILES string of the molecule is CC(C)OCC(=O)NCN1CCN(c2ccc(C(=O)C(C)C)cc2)CC1. The second kappa shape index (κ2) is 9.69. The van der Waals surface area contributed by atoms with Crippen LogP contribution in [0.3, 0.4) is 0 Å². The Kier molecular flexibility index (Phi) is 7.60. The molecule has 1 aromatic carbocycles. The van der Waals surface area contributed by atoms with Crippen LogP contribution in [-0.2, 0) is 9.53 Å². The van der Waals surface area contributed by atoms with Crippen molar-refractivity contribution < 1.29 is 14.3 Å². The number of Topliss-reactive ketones (excluding diaryl/α,β-unsaturated/α-hetero) is 1. The molecule has 1 aliphatic heterocycles. The molecule has 1 aliphatic rings. The van der Waals surface area contributed by atoms with Gasteiger partial charge in [-0.2, -0.15) is 0 Å². The van der Waals surface area contributed by atoms with Crippen molar-refractivity contribution in [1.82, 2.24) is 10.2 Å². The Morgan fingerprint density at radius 3 is 2.19 bits per heavy atom. The Bertz CT molecular complexity index is 591. The Labute approximate surface area is 156 Å². The molecular formula is C20H31N3O3. The van der Waals surface area contributed by atoms with Crippen LogP contribution in [0.25, 0.3) is 0 Å². The molecule has 1 N–H and O–H groups in total. The predicted molar refractivity (Wildman–Crippen MR) is 103 cm³/mol. The highest BCUT2D eigenvalue weighted by Gasteiger charge is 2.18. The molecule has 2 rings (SSSR count). The summed E-state index contributed by atoms with van der Waals surface area (Å²) in [6.07, 6.45) is 0.0616. The fourth-order valence-electron chi connectivity index (χ4n) is 2.83. The molecule has 0 aromatic heterocycles. The van der Waals surface area contributed by atoms with Crippen molar-refractivity contribution in [3.8, 4) is 0 Å². The number of piperazine rings is 1. The number of nitrogens with zero attached hydrogens (tertiary/aromatic N) is 2. The lowest BCUT2D eigenvalue weighted by Crippen LogP contribution is -2.50. The zero-order valence-electron chi connectivity index (χ0n) is 16.3. The number of hydrogen-bond acceptors (Lipinski definition) is 5. The van der Waals surface area contributed by atoms with Crippen molar-refractivity contribution in [3.05, 3.63) is 29.8 Å². The number of hydrogen-bond donors (Lipinski definition) is 1. The van der Waals surface area contributed by atoms with E-state index in [1.165, 1.54) is 0 Å². The molecule has 26 heavy (non-hydrogen) atoms. The molecular weight excluding hydrogens is 330 g/mol. The lowest BCUT2D eigenvalue weighted by atomic mass is 10.0. The third-order valence-electron chi connectivity index (χ3n) is 4.46. The molecule has 1 saturated heterocycles. The molecule has 0 unspecified atom stereocenters. The van der Waals surface area contributed by atoms with Crippen molar-refractivity contribution in [2.24, 2.45) is 5.92 Å². The summed E-state index contributed by atoms with van der Waals surface area (Å²) in [6.45, 7) is 11.9. The van der Waals surface area contributed by atoms with Crippen LogP contribution in [0.1, 0.15) is 38.1 Å². The van der Waals surface area contributed by atoms with Crippen molar-refractivity contribution in [2.45, 2.75) is 33.8 Å². The number of carbonyl (C=O) groups excluding carboxylic acids is 2. The molecule has 6 nitrogen and oxygen atoms in total. The van der Waals surface area contributed by atoms with E-state index in [2.05, 4.69) is 15.1 Å². The maximum absolute atomic E-state index is 12.0. The molecule has 6 heteroatoms. The van der Waals surface area contributed by atoms with E-state index in [4.69, 9.17) is 4.74 Å². The third-order valence-corrected chi connectivity index (χ3v) is 4.46. The summed E-state index contributed by atoms with van der Waals surface area (Å²) in [5.74, 6) is 0.121. The highest BCUT2D eigenvalue weighted by atomic mass is 16.5. The average Bonchev–Trinajstić information content (AvgIpc) is 2.64. The topological polar surface area (TPSA) is 61.9 Å². The summed E-state index contributed by atoms with van der Waals surface area (Å²) in [7, 11) is 0. The van der Waals surface area contributed by atoms with Gasteiger partial charge in [0.05, 0.1) is 12.8 Å². The Hall–Kier alpha value is -1.92. The van der Waals surface area contributed by atoms with Gasteiger partial charge in [0.15, 0.2) is 5.78 Å². The molecule has 0 bridgehead atoms. The van der Waals surface area contributed by atoms with Gasteiger partial charge in [0.1, 0.15) is 6.61 Å². The first-order valence-corrected chi connectivity index (χ1v) is 9.36. The minimum absolute atomic E-state index is 0.0190. The first-order valence-electron chi connectivity index (χ1n) is 9.36. The first-order chi connectivity index (χ1) is 12.4. The van der Waals surface area contributed by atoms with Gasteiger partial charge < -0.3 is 15.0 Å². The summed E-state index contributed by atoms with van der Waals surface area (Å²) >= 11 is 0. The van der Waals surface area contributed by atoms with Crippen molar-refractivity contribution in [2.75, 3.05) is 44.4 Å². The number of anilines is 1. The quantitative estimate of drug-likeness (QED) is 0.719. The summed E-state index contributed by atoms with van der Waals surface area (Å²) in [4.78, 5) is 28.3. The first kappa shape index (κ1) is 20.4. The molecule has 144 valence electrons. The van der Waals surface area contributed by atoms with Gasteiger partial charge in [0.2, 0.25) is 5.91 Å². The fraction of sp³-hybridized carbons (Fsp3) is 0.600. The lowest BCUT2D eigenvalue weighted by molar-refractivity contribution is -0.127. The van der Waals surface area contributed by atoms with E-state index in [1.807, 2.05) is 52.0 Å². The zero-order valence-corrected chi connectivity index (χ0v) is 16.3. The largest absolute Gasteiger partial charge is 0.369 e. The predicted octanol–water partition coefficient (Wildman–Crippen LogP) is 2.15. The van der Waals surface area contributed by atoms with Crippen molar-refractivity contribution in [3.63, 3.8) is 0 Å². The van der Waals surface area contributed by atoms with Crippen LogP contribution in [0.5, 0.6) is 0 Å². The van der Waals surface area contributed by atoms with Gasteiger partial charge in [0, 0.05) is 43.3 Å². The van der Waals surface area contributed by atoms with Gasteiger partial charge in [-0.15, -0.1) is 0 Å². The highest BCUT2D eigenvalue weighted by Crippen LogP contribution is 2.18. The van der Waals surface area contributed by atoms with Gasteiger partial charge in [-0.3, -0.25) is 14.5 Å². The number of rotatable bonds is 8. The molecule has 0 radical (unpaired) electrons. The summed E-state index contributed by atoms with van der Waals surface area (Å²) < 4.78 is 5.30. The minimum Gasteiger partial charge on any atom is -0.369 e. The van der Waals surface area contributed by atoms with E-state index >= 15 is 0 Å². The second-order valence-corrected chi connectivity index (χ2v) is 7.29. The van der Waals surface area contributed by atoms with E-state index in [0.29, 0.717) is 6.67 Å². The minimum atomic E-state index is -0.0773. The van der Waals surface area contributed by atoms with Gasteiger partial charge in [0.25, 0.3) is 0 Å². The van der Waals surface area contributed by atoms with Gasteiger partial charge in [-0.05, 0) is 38.1 Å². The standard InChI is InChI=1S/C20H31N3O3/c1-15(2)20(25)17-5-7-18(8-6-17)23-11-9-22(10-12-23)14-21-19(24)13-26-16(3)4/h5-8,15-16H,9-14H2,1-4H3,(H,21,24). The summed E-state index contributed by atoms with van der Waals surface area (Å²) in [5.41, 5.74) is 1.91. The van der Waals surface area contributed by atoms with Crippen LogP contribution in [0, 0.1) is 5.92 Å². The number of amides is 1. The van der Waals surface area contributed by atoms with E-state index in [1.54, 1.807) is 0 Å². The number of nitrogens with one attached hydrogen (secondary N) is 1. The van der Waals surface area contributed by atoms with Crippen LogP contribution in [0.2, 0.25) is 0 Å². The maximum atomic E-state index is 12.0. The summed E-state index contributed by atoms with van der Waals surface area (Å²) in [6, 6.07) is 7.88. The summed E-state index contributed by atoms with van der Waals surface area (Å²) in [5, 5.41) is 2.90. The molecule has 1 aromatic rings. The van der Waals surface area contributed by atoms with Crippen LogP contribution < -0.4 is 10.2 Å². The average molecular weight is 361 g/mol. The van der Waals surface area contributed by atoms with E-state index in [9.17, 15) is 9.59 Å². The fourth-order valence-corrected chi connectivity index (χ4v) is 2.83. The lowest BCUT2D eigenvalue weighted by Gasteiger charge is -2.36. The van der Waals surface area contributed by atoms with Gasteiger partial charge in [-0.1, -0.05) is 13.8 Å². The van der Waals surface area contributed by atoms with Crippen molar-refractivity contribution >= 4 is 17.4 Å². The molecule has 0 atom stereocenters. The van der Waals surface area contributed by atoms with E-state index in [0.717, 1.165) is 37.4 Å². The van der Waals surface area contributed by atoms with Crippen molar-refractivity contribution in [1.29, 1.82) is 0 Å². The molecule has 1 amide bonds. The molecule has 0 saturated carbocycles. The number of benzene rings is 1. The monoisotopic (exact) mass is 361 g/mol. The zero-order chi connectivity index (χ0) is 19.1. The number of ketones is 1. The van der Waals surface area contributed by atoms with Crippen LogP contribution >= 0.6 is 0 Å². The van der Waals surface area contributed by atoms with Crippen LogP contribution in [0.15, 0.2) is 24.3 Å². The van der Waals surface area contributed by atoms with Crippen LogP contribution in [0.4, 0.5) is 5.69 Å². The Morgan fingerprint density at radius 1 is 1.04 bits per heavy atom. The molecule has 0 aliphatic carbocycles. The Balaban J connectivity index is 1.76. The maximum Gasteiger partial charge on any atom is 0.247 e. The third kappa shape index (κ3) is 6.11. The second-order valence-electron chi connectivity index (χ2n) is 7.29. The van der Waals surface area contributed by atoms with E-state index in [-0.39, 0.29) is 30.3 Å². The molecule has 0 spiro atoms. The van der Waals surface area contributed by atoms with E-state index < -0.39 is 0 Å². The number of carbonyl (C=O) groups is 2. The van der Waals surface area contributed by atoms with Gasteiger partial charge in [-0.25, -0.2) is 0 Å². The highest BCUT2D eigenvalue weighted by molar-refractivity contribution is 5.97. The molecule has 1 fully saturated rings. The Morgan fingerprint density at radius 2 is 1.65 bits per heavy atom. The normalized spacial score (nSPS) is 15.5. The molecule has 1 heterocycles. The smallest absolute Gasteiger partial charge is 0.247 e. The van der Waals surface area contributed by atoms with Crippen LogP contribution in [-0.4, -0.2) is 62.1 Å². The van der Waals surface area contributed by atoms with Gasteiger partial charge >= 0.3 is 0 Å².